The zero-order valence-electron chi connectivity index (χ0n) is 64.4. The van der Waals surface area contributed by atoms with Crippen molar-refractivity contribution < 1.29 is 103 Å². The molecule has 0 spiro atoms. The van der Waals surface area contributed by atoms with E-state index in [4.69, 9.17) is 112 Å². The van der Waals surface area contributed by atoms with Crippen molar-refractivity contribution in [3.05, 3.63) is 152 Å². The van der Waals surface area contributed by atoms with Crippen LogP contribution in [0.15, 0.2) is 109 Å². The van der Waals surface area contributed by atoms with Crippen molar-refractivity contribution in [2.45, 2.75) is 208 Å². The van der Waals surface area contributed by atoms with Crippen molar-refractivity contribution in [2.24, 2.45) is 28.1 Å². The molecule has 7 rings (SSSR count). The minimum absolute atomic E-state index is 0. The van der Waals surface area contributed by atoms with E-state index in [0.717, 1.165) is 70.1 Å². The minimum atomic E-state index is -0.943. The van der Waals surface area contributed by atoms with Crippen molar-refractivity contribution in [3.8, 4) is 17.6 Å². The van der Waals surface area contributed by atoms with Gasteiger partial charge in [0.25, 0.3) is 11.4 Å². The number of rotatable bonds is 11. The number of non-ortho nitro benzene ring substituents is 2. The van der Waals surface area contributed by atoms with Gasteiger partial charge >= 0.3 is 98.9 Å². The maximum absolute atomic E-state index is 12.2. The molecule has 0 heterocycles. The number of nitriles is 1. The van der Waals surface area contributed by atoms with Crippen LogP contribution in [0.1, 0.15) is 179 Å². The first-order chi connectivity index (χ1) is 51.9. The number of aliphatic hydroxyl groups is 2. The number of nitrogens with zero attached hydrogens (tertiary/aromatic N) is 5. The quantitative estimate of drug-likeness (QED) is 0.0180. The first-order valence-electron chi connectivity index (χ1n) is 35.1. The number of carbonyl (C=O) groups is 6. The molecule has 0 aromatic heterocycles. The molecule has 596 valence electrons. The molecule has 9 atom stereocenters. The Balaban J connectivity index is -0.000000297. The second kappa shape index (κ2) is 71.6. The number of allylic oxidation sites excluding steroid dienone is 5. The number of thiol groups is 1. The number of nitro benzene ring substituents is 2. The predicted octanol–water partition coefficient (Wildman–Crippen LogP) is 16.7. The van der Waals surface area contributed by atoms with Gasteiger partial charge < -0.3 is 48.2 Å². The molecule has 0 saturated heterocycles. The summed E-state index contributed by atoms with van der Waals surface area (Å²) >= 11 is 20.9. The van der Waals surface area contributed by atoms with E-state index >= 15 is 0 Å². The SMILES string of the molecule is C=O.CC1(C)CC/C=C/[C@H](OC(=O)S)CC1.C[C@H]1CC/C=C/[C@H](O)CC1.C[C@H]1CC/C=C/[C@H](OC(=O)Oc2ccc([N+](=O)[O-])cc2)CC1.ClCCl.N#CCCl.O=C=O.O=C=O.S.[3H]C.[C-]#[N+]COC(=O)[C@]1(C)CC/C=C/[C@H](O)CC1.[C-]#[N+]COC(=O)[C@]1(C)CC/C=C/[C@H](OC(=O)Oc2ccc([N+](=O)[O-])cc2)CC1.[Na][Na]. The van der Waals surface area contributed by atoms with E-state index in [9.17, 15) is 54.4 Å². The standard InChI is InChI=1S/C19H20N2O7.C16H19NO5.C12H17NO3.C11H18O2S.C9H16O.C2H2ClN.CH2Cl2.2CO2.CH2O.CH4.2Na.H2S/c1-19(17(22)26-13-20-2)11-4-3-5-15(10-12-19)27-18(23)28-16-8-6-14(7-9-16)21(24)25;1-12-4-2-3-5-14(9-6-12)21-16(18)22-15-10-7-13(8-11-15)17(19)20;1-12(11(15)16-9-13-2)7-4-3-5-10(14)6-8-12;1-11(2)7-4-3-5-9(6-8-11)13-10(12)14;1-8-4-2-3-5-9(10)7-6-8;3-1-2-4;3*2-1-3;1-2;;;;/h3,5-9,15H,4,10-13H2,1H3;3,5,7-8,10-12,14H,2,4,6,9H2,1H3;3,5,10,14H,4,6-9H2,1H3;3,5,9H,4,6-8H2,1-2H3,(H,12,14);3,5,8-10H,2,4,6-7H2,1H3;1H2;1H2;;;1H2;1H4;;;1H2/b5*5-3+;;;;;;;;;/t15-,19+;12-,14-;10-,12+;9-;8-,9-;;;;;;;;;/m00000........./s1/i;;;;;;;;;;1T;;;. The summed E-state index contributed by atoms with van der Waals surface area (Å²) in [7, 11) is 1.25. The summed E-state index contributed by atoms with van der Waals surface area (Å²) in [5.41, 5.74) is -1.16. The molecule has 0 aliphatic heterocycles. The van der Waals surface area contributed by atoms with E-state index in [0.29, 0.717) is 56.3 Å². The van der Waals surface area contributed by atoms with Gasteiger partial charge in [0.1, 0.15) is 42.5 Å². The van der Waals surface area contributed by atoms with E-state index in [1.165, 1.54) is 119 Å². The fraction of sp³-hybridized carbons (Fsp3) is 0.554. The van der Waals surface area contributed by atoms with Crippen molar-refractivity contribution in [1.82, 2.24) is 0 Å². The summed E-state index contributed by atoms with van der Waals surface area (Å²) in [5, 5.41) is 47.1. The van der Waals surface area contributed by atoms with Gasteiger partial charge in [0.2, 0.25) is 0 Å². The molecule has 5 aliphatic carbocycles. The first kappa shape index (κ1) is 111. The van der Waals surface area contributed by atoms with Gasteiger partial charge in [-0.25, -0.2) is 27.5 Å². The molecule has 0 radical (unpaired) electrons. The number of hydrogen-bond acceptors (Lipinski definition) is 24. The summed E-state index contributed by atoms with van der Waals surface area (Å²) < 4.78 is 41.3. The molecular weight excluding hydrogens is 1540 g/mol. The van der Waals surface area contributed by atoms with E-state index in [1.54, 1.807) is 25.1 Å². The van der Waals surface area contributed by atoms with Gasteiger partial charge in [0.15, 0.2) is 0 Å². The number of aliphatic hydroxyl groups excluding tert-OH is 2. The number of nitro groups is 2. The number of carbonyl (C=O) groups excluding carboxylic acids is 10. The Morgan fingerprint density at radius 2 is 0.908 bits per heavy atom. The first-order valence-corrected chi connectivity index (χ1v) is 44.1. The monoisotopic (exact) mass is 1650 g/mol. The van der Waals surface area contributed by atoms with Crippen LogP contribution in [0.3, 0.4) is 0 Å². The Labute approximate surface area is 697 Å². The molecular formula is C74H102Cl3N5Na2O23S2. The Morgan fingerprint density at radius 1 is 0.587 bits per heavy atom. The van der Waals surface area contributed by atoms with Gasteiger partial charge in [-0.1, -0.05) is 90.3 Å². The van der Waals surface area contributed by atoms with E-state index < -0.39 is 56.5 Å². The number of ether oxygens (including phenoxy) is 7. The van der Waals surface area contributed by atoms with E-state index in [2.05, 4.69) is 62.2 Å². The molecule has 35 heteroatoms. The van der Waals surface area contributed by atoms with Crippen LogP contribution in [-0.2, 0) is 57.2 Å². The number of alkyl halides is 3. The molecule has 2 N–H and O–H groups in total. The molecule has 109 heavy (non-hydrogen) atoms. The molecule has 2 aromatic rings. The predicted molar refractivity (Wildman–Crippen MR) is 419 cm³/mol. The zero-order valence-corrected chi connectivity index (χ0v) is 71.6. The van der Waals surface area contributed by atoms with Gasteiger partial charge in [0, 0.05) is 25.6 Å². The second-order valence-electron chi connectivity index (χ2n) is 24.8. The van der Waals surface area contributed by atoms with Crippen molar-refractivity contribution >= 4 is 165 Å². The topological polar surface area (TPSA) is 395 Å². The zero-order chi connectivity index (χ0) is 84.1. The van der Waals surface area contributed by atoms with E-state index in [-0.39, 0.29) is 97.6 Å². The Hall–Kier alpha value is -6.72. The van der Waals surface area contributed by atoms with Crippen molar-refractivity contribution in [2.75, 3.05) is 24.7 Å². The van der Waals surface area contributed by atoms with Crippen LogP contribution in [0, 0.1) is 72.8 Å². The summed E-state index contributed by atoms with van der Waals surface area (Å²) in [6.45, 7) is 27.3. The number of hydrogen-bond donors (Lipinski definition) is 3. The number of esters is 2. The normalized spacial score (nSPS) is 23.0. The average Bonchev–Trinajstić information content (AvgIpc) is 0.852. The van der Waals surface area contributed by atoms with E-state index in [1.807, 2.05) is 50.2 Å². The van der Waals surface area contributed by atoms with Gasteiger partial charge in [-0.05, 0) is 202 Å². The second-order valence-corrected chi connectivity index (χ2v) is 26.2. The summed E-state index contributed by atoms with van der Waals surface area (Å²) in [6.07, 6.45) is 33.6. The van der Waals surface area contributed by atoms with Gasteiger partial charge in [-0.3, -0.25) is 39.5 Å². The van der Waals surface area contributed by atoms with Crippen molar-refractivity contribution in [1.29, 1.82) is 5.26 Å². The molecule has 2 aromatic carbocycles. The van der Waals surface area contributed by atoms with Crippen LogP contribution in [0.5, 0.6) is 11.5 Å². The van der Waals surface area contributed by atoms with Crippen LogP contribution in [-0.4, -0.2) is 168 Å². The van der Waals surface area contributed by atoms with Gasteiger partial charge in [-0.15, -0.1) is 34.8 Å². The third-order valence-electron chi connectivity index (χ3n) is 15.9. The molecule has 0 unspecified atom stereocenters. The molecule has 5 aliphatic rings. The molecule has 0 amide bonds. The molecule has 0 saturated carbocycles. The average molecular weight is 1650 g/mol. The van der Waals surface area contributed by atoms with Crippen molar-refractivity contribution in [3.63, 3.8) is 0 Å². The maximum atomic E-state index is 12.2. The Morgan fingerprint density at radius 3 is 1.28 bits per heavy atom. The van der Waals surface area contributed by atoms with Crippen LogP contribution in [0.4, 0.5) is 25.8 Å². The van der Waals surface area contributed by atoms with Gasteiger partial charge in [0.05, 0.1) is 44.3 Å². The van der Waals surface area contributed by atoms with Crippen LogP contribution < -0.4 is 9.47 Å². The van der Waals surface area contributed by atoms with Crippen LogP contribution in [0.2, 0.25) is 0 Å². The third kappa shape index (κ3) is 60.7. The van der Waals surface area contributed by atoms with Gasteiger partial charge in [-0.2, -0.15) is 37.9 Å². The summed E-state index contributed by atoms with van der Waals surface area (Å²) in [5.74, 6) is 1.08. The summed E-state index contributed by atoms with van der Waals surface area (Å²) in [6, 6.07) is 12.0. The molecule has 28 nitrogen and oxygen atoms in total. The Kier molecular flexibility index (Phi) is 72.8. The fourth-order valence-corrected chi connectivity index (χ4v) is 10.1. The fourth-order valence-electron chi connectivity index (χ4n) is 9.92. The van der Waals surface area contributed by atoms with Crippen LogP contribution >= 0.6 is 60.9 Å². The molecule has 0 fully saturated rings. The number of benzene rings is 2. The summed E-state index contributed by atoms with van der Waals surface area (Å²) in [4.78, 5) is 125. The third-order valence-corrected chi connectivity index (χ3v) is 16.1. The van der Waals surface area contributed by atoms with Crippen LogP contribution in [0.25, 0.3) is 9.69 Å². The number of halogens is 3. The molecule has 0 bridgehead atoms. The Bertz CT molecular complexity index is 3250.